The number of amides is 2. The number of carbonyl (C=O) groups is 2. The van der Waals surface area contributed by atoms with Gasteiger partial charge in [0.05, 0.1) is 5.52 Å². The standard InChI is InChI=1S/C24H32N4O2/c1-15(2)10-11-21-17-12-16(20-8-5-9-22(29)28(20)21)13-27(14-17)24(30)23-18-6-3-4-7-19(18)25-26-23/h3-4,6-7,15-17,20-21H,5,8-14H2,1-2H3,(H,25,26)/t16-,17+,20+,21+/m1/s1. The number of aromatic nitrogens is 2. The molecule has 3 fully saturated rings. The molecule has 5 rings (SSSR count). The van der Waals surface area contributed by atoms with Crippen molar-refractivity contribution < 1.29 is 9.59 Å². The Kier molecular flexibility index (Phi) is 5.03. The Morgan fingerprint density at radius 2 is 2.03 bits per heavy atom. The summed E-state index contributed by atoms with van der Waals surface area (Å²) in [6.45, 7) is 5.97. The normalized spacial score (nSPS) is 28.8. The molecule has 1 aromatic carbocycles. The molecule has 2 bridgehead atoms. The van der Waals surface area contributed by atoms with Crippen molar-refractivity contribution in [3.8, 4) is 0 Å². The van der Waals surface area contributed by atoms with Crippen molar-refractivity contribution in [2.45, 2.75) is 64.5 Å². The van der Waals surface area contributed by atoms with Gasteiger partial charge in [-0.1, -0.05) is 32.0 Å². The number of hydrogen-bond acceptors (Lipinski definition) is 3. The molecule has 0 saturated carbocycles. The number of rotatable bonds is 4. The predicted molar refractivity (Wildman–Crippen MR) is 116 cm³/mol. The van der Waals surface area contributed by atoms with Crippen LogP contribution in [0.25, 0.3) is 10.9 Å². The van der Waals surface area contributed by atoms with Gasteiger partial charge in [0.15, 0.2) is 5.69 Å². The molecule has 3 saturated heterocycles. The zero-order valence-corrected chi connectivity index (χ0v) is 18.0. The Morgan fingerprint density at radius 3 is 2.87 bits per heavy atom. The lowest BCUT2D eigenvalue weighted by molar-refractivity contribution is -0.152. The largest absolute Gasteiger partial charge is 0.337 e. The average Bonchev–Trinajstić information content (AvgIpc) is 3.17. The van der Waals surface area contributed by atoms with Crippen molar-refractivity contribution in [2.75, 3.05) is 13.1 Å². The lowest BCUT2D eigenvalue weighted by Crippen LogP contribution is -2.65. The fourth-order valence-corrected chi connectivity index (χ4v) is 6.09. The summed E-state index contributed by atoms with van der Waals surface area (Å²) >= 11 is 0. The number of aromatic amines is 1. The molecule has 0 spiro atoms. The van der Waals surface area contributed by atoms with Gasteiger partial charge in [-0.2, -0.15) is 5.10 Å². The maximum atomic E-state index is 13.5. The van der Waals surface area contributed by atoms with Gasteiger partial charge in [-0.25, -0.2) is 0 Å². The van der Waals surface area contributed by atoms with E-state index in [0.717, 1.165) is 56.1 Å². The molecule has 6 nitrogen and oxygen atoms in total. The van der Waals surface area contributed by atoms with Gasteiger partial charge in [0.25, 0.3) is 5.91 Å². The third-order valence-corrected chi connectivity index (χ3v) is 7.50. The maximum absolute atomic E-state index is 13.5. The van der Waals surface area contributed by atoms with Gasteiger partial charge in [0.1, 0.15) is 0 Å². The molecule has 6 heteroatoms. The van der Waals surface area contributed by atoms with Crippen LogP contribution in [0.5, 0.6) is 0 Å². The minimum absolute atomic E-state index is 0.0281. The van der Waals surface area contributed by atoms with Crippen LogP contribution in [0.3, 0.4) is 0 Å². The van der Waals surface area contributed by atoms with Crippen LogP contribution in [-0.4, -0.2) is 57.0 Å². The summed E-state index contributed by atoms with van der Waals surface area (Å²) in [7, 11) is 0. The summed E-state index contributed by atoms with van der Waals surface area (Å²) in [6.07, 6.45) is 6.06. The second kappa shape index (κ2) is 7.71. The molecule has 3 aliphatic rings. The van der Waals surface area contributed by atoms with Crippen LogP contribution in [0.15, 0.2) is 24.3 Å². The summed E-state index contributed by atoms with van der Waals surface area (Å²) in [5.74, 6) is 1.75. The SMILES string of the molecule is CC(C)CC[C@H]1[C@H]2C[C@H](CN(C(=O)c3n[nH]c4ccccc34)C2)[C@@H]2CCCC(=O)N21. The predicted octanol–water partition coefficient (Wildman–Crippen LogP) is 3.84. The van der Waals surface area contributed by atoms with Crippen molar-refractivity contribution in [1.82, 2.24) is 20.0 Å². The maximum Gasteiger partial charge on any atom is 0.275 e. The minimum Gasteiger partial charge on any atom is -0.337 e. The highest BCUT2D eigenvalue weighted by molar-refractivity contribution is 6.04. The highest BCUT2D eigenvalue weighted by Crippen LogP contribution is 2.43. The van der Waals surface area contributed by atoms with Crippen molar-refractivity contribution in [3.63, 3.8) is 0 Å². The van der Waals surface area contributed by atoms with Crippen LogP contribution in [0.2, 0.25) is 0 Å². The summed E-state index contributed by atoms with van der Waals surface area (Å²) in [5, 5.41) is 8.25. The van der Waals surface area contributed by atoms with E-state index in [1.807, 2.05) is 29.2 Å². The lowest BCUT2D eigenvalue weighted by Gasteiger charge is -2.56. The van der Waals surface area contributed by atoms with Crippen LogP contribution >= 0.6 is 0 Å². The van der Waals surface area contributed by atoms with Crippen molar-refractivity contribution in [2.24, 2.45) is 17.8 Å². The second-order valence-electron chi connectivity index (χ2n) is 9.88. The molecule has 4 heterocycles. The molecular formula is C24H32N4O2. The van der Waals surface area contributed by atoms with Crippen LogP contribution in [0.1, 0.15) is 62.9 Å². The summed E-state index contributed by atoms with van der Waals surface area (Å²) < 4.78 is 0. The Labute approximate surface area is 178 Å². The van der Waals surface area contributed by atoms with E-state index in [-0.39, 0.29) is 11.9 Å². The average molecular weight is 409 g/mol. The zero-order valence-electron chi connectivity index (χ0n) is 18.0. The van der Waals surface area contributed by atoms with Gasteiger partial charge >= 0.3 is 0 Å². The molecule has 3 aliphatic heterocycles. The first-order chi connectivity index (χ1) is 14.5. The van der Waals surface area contributed by atoms with E-state index in [1.165, 1.54) is 0 Å². The molecule has 2 aromatic rings. The first-order valence-corrected chi connectivity index (χ1v) is 11.6. The molecule has 2 amide bonds. The Bertz CT molecular complexity index is 952. The molecule has 0 radical (unpaired) electrons. The first-order valence-electron chi connectivity index (χ1n) is 11.6. The van der Waals surface area contributed by atoms with Gasteiger partial charge < -0.3 is 9.80 Å². The highest BCUT2D eigenvalue weighted by Gasteiger charge is 2.50. The summed E-state index contributed by atoms with van der Waals surface area (Å²) in [5.41, 5.74) is 1.43. The van der Waals surface area contributed by atoms with E-state index in [0.29, 0.717) is 41.8 Å². The molecule has 4 atom stereocenters. The van der Waals surface area contributed by atoms with Crippen LogP contribution in [0.4, 0.5) is 0 Å². The van der Waals surface area contributed by atoms with Gasteiger partial charge in [-0.05, 0) is 55.9 Å². The molecule has 0 aliphatic carbocycles. The van der Waals surface area contributed by atoms with Gasteiger partial charge in [0, 0.05) is 37.0 Å². The second-order valence-corrected chi connectivity index (χ2v) is 9.88. The third-order valence-electron chi connectivity index (χ3n) is 7.50. The summed E-state index contributed by atoms with van der Waals surface area (Å²) in [4.78, 5) is 30.6. The summed E-state index contributed by atoms with van der Waals surface area (Å²) in [6, 6.07) is 8.39. The smallest absolute Gasteiger partial charge is 0.275 e. The number of likely N-dealkylation sites (tertiary alicyclic amines) is 1. The van der Waals surface area contributed by atoms with E-state index in [2.05, 4.69) is 28.9 Å². The highest BCUT2D eigenvalue weighted by atomic mass is 16.2. The van der Waals surface area contributed by atoms with Crippen molar-refractivity contribution >= 4 is 22.7 Å². The van der Waals surface area contributed by atoms with Crippen LogP contribution < -0.4 is 0 Å². The first kappa shape index (κ1) is 19.6. The monoisotopic (exact) mass is 408 g/mol. The third kappa shape index (κ3) is 3.30. The molecular weight excluding hydrogens is 376 g/mol. The number of fused-ring (bicyclic) bond motifs is 5. The Hall–Kier alpha value is -2.37. The number of hydrogen-bond donors (Lipinski definition) is 1. The minimum atomic E-state index is 0.0281. The molecule has 160 valence electrons. The fourth-order valence-electron chi connectivity index (χ4n) is 6.09. The van der Waals surface area contributed by atoms with Gasteiger partial charge in [-0.3, -0.25) is 14.7 Å². The van der Waals surface area contributed by atoms with E-state index >= 15 is 0 Å². The zero-order chi connectivity index (χ0) is 20.8. The fraction of sp³-hybridized carbons (Fsp3) is 0.625. The van der Waals surface area contributed by atoms with Crippen LogP contribution in [0, 0.1) is 17.8 Å². The van der Waals surface area contributed by atoms with Gasteiger partial charge in [-0.15, -0.1) is 0 Å². The van der Waals surface area contributed by atoms with Crippen LogP contribution in [-0.2, 0) is 4.79 Å². The number of nitrogens with one attached hydrogen (secondary N) is 1. The topological polar surface area (TPSA) is 69.3 Å². The number of para-hydroxylation sites is 1. The molecule has 30 heavy (non-hydrogen) atoms. The lowest BCUT2D eigenvalue weighted by atomic mass is 9.70. The van der Waals surface area contributed by atoms with Crippen molar-refractivity contribution in [1.29, 1.82) is 0 Å². The number of benzene rings is 1. The van der Waals surface area contributed by atoms with Crippen molar-refractivity contribution in [3.05, 3.63) is 30.0 Å². The van der Waals surface area contributed by atoms with E-state index < -0.39 is 0 Å². The Morgan fingerprint density at radius 1 is 1.23 bits per heavy atom. The number of carbonyl (C=O) groups excluding carboxylic acids is 2. The van der Waals surface area contributed by atoms with E-state index in [1.54, 1.807) is 0 Å². The molecule has 0 unspecified atom stereocenters. The number of nitrogens with zero attached hydrogens (tertiary/aromatic N) is 3. The Balaban J connectivity index is 1.43. The quantitative estimate of drug-likeness (QED) is 0.836. The molecule has 1 aromatic heterocycles. The molecule has 1 N–H and O–H groups in total. The number of H-pyrrole nitrogens is 1. The van der Waals surface area contributed by atoms with Gasteiger partial charge in [0.2, 0.25) is 5.91 Å². The number of piperidine rings is 3. The van der Waals surface area contributed by atoms with E-state index in [9.17, 15) is 9.59 Å². The van der Waals surface area contributed by atoms with E-state index in [4.69, 9.17) is 0 Å².